The number of hydrogen-bond donors (Lipinski definition) is 1. The zero-order chi connectivity index (χ0) is 16.3. The van der Waals surface area contributed by atoms with Crippen LogP contribution in [0.2, 0.25) is 5.02 Å². The second-order valence-corrected chi connectivity index (χ2v) is 6.39. The van der Waals surface area contributed by atoms with E-state index < -0.39 is 27.4 Å². The first-order valence-electron chi connectivity index (χ1n) is 6.01. The van der Waals surface area contributed by atoms with Crippen LogP contribution in [0.5, 0.6) is 0 Å². The standard InChI is InChI=1S/C14H11ClFNO4S/c15-10-3-1-9(2-4-10)8-21-14(18)12-7-11(22(17,19)20)5-6-13(12)16/h1-7H,8H2,(H2,17,19,20). The number of sulfonamides is 1. The van der Waals surface area contributed by atoms with Gasteiger partial charge in [-0.25, -0.2) is 22.7 Å². The zero-order valence-electron chi connectivity index (χ0n) is 11.1. The Morgan fingerprint density at radius 2 is 1.82 bits per heavy atom. The minimum Gasteiger partial charge on any atom is -0.457 e. The molecule has 22 heavy (non-hydrogen) atoms. The molecular formula is C14H11ClFNO4S. The predicted octanol–water partition coefficient (Wildman–Crippen LogP) is 2.48. The zero-order valence-corrected chi connectivity index (χ0v) is 12.7. The van der Waals surface area contributed by atoms with E-state index in [2.05, 4.69) is 0 Å². The second kappa shape index (κ2) is 6.43. The lowest BCUT2D eigenvalue weighted by Gasteiger charge is -2.07. The van der Waals surface area contributed by atoms with Gasteiger partial charge in [0.2, 0.25) is 10.0 Å². The van der Waals surface area contributed by atoms with Crippen LogP contribution in [0.15, 0.2) is 47.4 Å². The fourth-order valence-electron chi connectivity index (χ4n) is 1.65. The van der Waals surface area contributed by atoms with Gasteiger partial charge in [0.25, 0.3) is 0 Å². The summed E-state index contributed by atoms with van der Waals surface area (Å²) in [5, 5.41) is 5.47. The van der Waals surface area contributed by atoms with E-state index in [0.717, 1.165) is 18.2 Å². The Hall–Kier alpha value is -1.96. The molecule has 0 amide bonds. The van der Waals surface area contributed by atoms with Crippen molar-refractivity contribution in [3.05, 3.63) is 64.4 Å². The lowest BCUT2D eigenvalue weighted by Crippen LogP contribution is -2.14. The number of hydrogen-bond acceptors (Lipinski definition) is 4. The monoisotopic (exact) mass is 343 g/mol. The van der Waals surface area contributed by atoms with Crippen molar-refractivity contribution in [3.8, 4) is 0 Å². The molecule has 2 aromatic carbocycles. The molecule has 0 saturated carbocycles. The minimum absolute atomic E-state index is 0.102. The van der Waals surface area contributed by atoms with Gasteiger partial charge >= 0.3 is 5.97 Å². The number of esters is 1. The summed E-state index contributed by atoms with van der Waals surface area (Å²) in [6.45, 7) is -0.102. The van der Waals surface area contributed by atoms with E-state index in [1.165, 1.54) is 0 Å². The number of rotatable bonds is 4. The quantitative estimate of drug-likeness (QED) is 0.864. The molecule has 0 bridgehead atoms. The average Bonchev–Trinajstić information content (AvgIpc) is 2.45. The normalized spacial score (nSPS) is 11.2. The number of carbonyl (C=O) groups excluding carboxylic acids is 1. The maximum Gasteiger partial charge on any atom is 0.341 e. The molecule has 0 spiro atoms. The van der Waals surface area contributed by atoms with Crippen LogP contribution in [0.25, 0.3) is 0 Å². The summed E-state index contributed by atoms with van der Waals surface area (Å²) < 4.78 is 41.0. The average molecular weight is 344 g/mol. The van der Waals surface area contributed by atoms with Gasteiger partial charge in [-0.1, -0.05) is 23.7 Å². The van der Waals surface area contributed by atoms with Gasteiger partial charge in [-0.05, 0) is 35.9 Å². The molecule has 0 atom stereocenters. The molecule has 0 aliphatic heterocycles. The van der Waals surface area contributed by atoms with Gasteiger partial charge < -0.3 is 4.74 Å². The van der Waals surface area contributed by atoms with Gasteiger partial charge in [0.1, 0.15) is 12.4 Å². The Labute approximate surface area is 131 Å². The van der Waals surface area contributed by atoms with Gasteiger partial charge in [0.05, 0.1) is 10.5 Å². The van der Waals surface area contributed by atoms with E-state index >= 15 is 0 Å². The first-order valence-corrected chi connectivity index (χ1v) is 7.94. The highest BCUT2D eigenvalue weighted by molar-refractivity contribution is 7.89. The Morgan fingerprint density at radius 3 is 2.41 bits per heavy atom. The first kappa shape index (κ1) is 16.4. The van der Waals surface area contributed by atoms with Crippen LogP contribution in [0.4, 0.5) is 4.39 Å². The Morgan fingerprint density at radius 1 is 1.18 bits per heavy atom. The van der Waals surface area contributed by atoms with Crippen LogP contribution in [0.1, 0.15) is 15.9 Å². The number of benzene rings is 2. The van der Waals surface area contributed by atoms with E-state index in [1.807, 2.05) is 0 Å². The molecule has 0 fully saturated rings. The molecule has 0 aliphatic rings. The van der Waals surface area contributed by atoms with E-state index in [0.29, 0.717) is 10.6 Å². The number of carbonyl (C=O) groups is 1. The van der Waals surface area contributed by atoms with Gasteiger partial charge in [-0.15, -0.1) is 0 Å². The smallest absolute Gasteiger partial charge is 0.341 e. The van der Waals surface area contributed by atoms with Crippen LogP contribution in [0.3, 0.4) is 0 Å². The lowest BCUT2D eigenvalue weighted by atomic mass is 10.2. The van der Waals surface area contributed by atoms with Crippen molar-refractivity contribution in [2.45, 2.75) is 11.5 Å². The molecular weight excluding hydrogens is 333 g/mol. The Kier molecular flexibility index (Phi) is 4.80. The summed E-state index contributed by atoms with van der Waals surface area (Å²) in [5.41, 5.74) is 0.154. The minimum atomic E-state index is -4.04. The van der Waals surface area contributed by atoms with Crippen molar-refractivity contribution in [2.24, 2.45) is 5.14 Å². The Bertz CT molecular complexity index is 806. The summed E-state index contributed by atoms with van der Waals surface area (Å²) in [6, 6.07) is 9.19. The van der Waals surface area contributed by atoms with Crippen molar-refractivity contribution in [2.75, 3.05) is 0 Å². The van der Waals surface area contributed by atoms with Crippen molar-refractivity contribution in [3.63, 3.8) is 0 Å². The predicted molar refractivity (Wildman–Crippen MR) is 78.3 cm³/mol. The van der Waals surface area contributed by atoms with E-state index in [-0.39, 0.29) is 11.5 Å². The molecule has 0 aliphatic carbocycles. The van der Waals surface area contributed by atoms with E-state index in [4.69, 9.17) is 21.5 Å². The maximum absolute atomic E-state index is 13.6. The third-order valence-corrected chi connectivity index (χ3v) is 3.93. The molecule has 2 N–H and O–H groups in total. The van der Waals surface area contributed by atoms with Crippen LogP contribution in [-0.4, -0.2) is 14.4 Å². The third kappa shape index (κ3) is 4.03. The van der Waals surface area contributed by atoms with Gasteiger partial charge in [0, 0.05) is 5.02 Å². The highest BCUT2D eigenvalue weighted by atomic mass is 35.5. The molecule has 0 radical (unpaired) electrons. The number of halogens is 2. The van der Waals surface area contributed by atoms with Crippen molar-refractivity contribution in [1.29, 1.82) is 0 Å². The van der Waals surface area contributed by atoms with Crippen LogP contribution in [-0.2, 0) is 21.4 Å². The van der Waals surface area contributed by atoms with Crippen LogP contribution < -0.4 is 5.14 Å². The third-order valence-electron chi connectivity index (χ3n) is 2.77. The van der Waals surface area contributed by atoms with E-state index in [1.54, 1.807) is 24.3 Å². The summed E-state index contributed by atoms with van der Waals surface area (Å²) in [7, 11) is -4.04. The molecule has 8 heteroatoms. The molecule has 5 nitrogen and oxygen atoms in total. The summed E-state index contributed by atoms with van der Waals surface area (Å²) in [4.78, 5) is 11.5. The van der Waals surface area contributed by atoms with Crippen LogP contribution >= 0.6 is 11.6 Å². The highest BCUT2D eigenvalue weighted by Crippen LogP contribution is 2.16. The number of nitrogens with two attached hydrogens (primary N) is 1. The second-order valence-electron chi connectivity index (χ2n) is 4.39. The molecule has 0 heterocycles. The highest BCUT2D eigenvalue weighted by Gasteiger charge is 2.18. The number of ether oxygens (including phenoxy) is 1. The molecule has 0 saturated heterocycles. The van der Waals surface area contributed by atoms with Gasteiger partial charge in [-0.2, -0.15) is 0 Å². The van der Waals surface area contributed by atoms with Crippen LogP contribution in [0, 0.1) is 5.82 Å². The summed E-state index contributed by atoms with van der Waals surface area (Å²) in [5.74, 6) is -1.88. The SMILES string of the molecule is NS(=O)(=O)c1ccc(F)c(C(=O)OCc2ccc(Cl)cc2)c1. The van der Waals surface area contributed by atoms with Crippen molar-refractivity contribution in [1.82, 2.24) is 0 Å². The topological polar surface area (TPSA) is 86.5 Å². The van der Waals surface area contributed by atoms with Crippen molar-refractivity contribution < 1.29 is 22.3 Å². The molecule has 2 rings (SSSR count). The van der Waals surface area contributed by atoms with Gasteiger partial charge in [0.15, 0.2) is 0 Å². The fourth-order valence-corrected chi connectivity index (χ4v) is 2.31. The lowest BCUT2D eigenvalue weighted by molar-refractivity contribution is 0.0467. The Balaban J connectivity index is 2.17. The van der Waals surface area contributed by atoms with E-state index in [9.17, 15) is 17.6 Å². The molecule has 2 aromatic rings. The summed E-state index contributed by atoms with van der Waals surface area (Å²) >= 11 is 5.73. The van der Waals surface area contributed by atoms with Gasteiger partial charge in [-0.3, -0.25) is 0 Å². The molecule has 0 unspecified atom stereocenters. The van der Waals surface area contributed by atoms with Crippen molar-refractivity contribution >= 4 is 27.6 Å². The molecule has 116 valence electrons. The largest absolute Gasteiger partial charge is 0.457 e. The number of primary sulfonamides is 1. The maximum atomic E-state index is 13.6. The summed E-state index contributed by atoms with van der Waals surface area (Å²) in [6.07, 6.45) is 0. The first-order chi connectivity index (χ1) is 10.3. The molecule has 0 aromatic heterocycles. The fraction of sp³-hybridized carbons (Fsp3) is 0.0714.